The van der Waals surface area contributed by atoms with E-state index in [-0.39, 0.29) is 6.10 Å². The lowest BCUT2D eigenvalue weighted by Gasteiger charge is -2.26. The van der Waals surface area contributed by atoms with Crippen LogP contribution in [0.25, 0.3) is 0 Å². The van der Waals surface area contributed by atoms with Crippen molar-refractivity contribution in [3.63, 3.8) is 0 Å². The molecular weight excluding hydrogens is 318 g/mol. The second kappa shape index (κ2) is 11.7. The van der Waals surface area contributed by atoms with Crippen LogP contribution in [-0.4, -0.2) is 12.7 Å². The van der Waals surface area contributed by atoms with E-state index >= 15 is 0 Å². The smallest absolute Gasteiger partial charge is 0.320 e. The number of halogens is 2. The van der Waals surface area contributed by atoms with Gasteiger partial charge in [0.25, 0.3) is 0 Å². The van der Waals surface area contributed by atoms with Gasteiger partial charge >= 0.3 is 6.61 Å². The highest BCUT2D eigenvalue weighted by atomic mass is 19.3. The molecule has 2 fully saturated rings. The van der Waals surface area contributed by atoms with Gasteiger partial charge < -0.3 is 4.74 Å². The van der Waals surface area contributed by atoms with Crippen molar-refractivity contribution in [3.05, 3.63) is 12.2 Å². The van der Waals surface area contributed by atoms with E-state index < -0.39 is 6.61 Å². The molecule has 0 radical (unpaired) electrons. The van der Waals surface area contributed by atoms with Crippen molar-refractivity contribution in [1.82, 2.24) is 0 Å². The SMILES string of the molecule is CCCCCC1CCC(C=CC#CC2CCC(OC(F)F)CC2)CC1. The number of allylic oxidation sites excluding steroid dienone is 2. The first-order valence-electron chi connectivity index (χ1n) is 10.3. The van der Waals surface area contributed by atoms with Gasteiger partial charge in [0.15, 0.2) is 0 Å². The summed E-state index contributed by atoms with van der Waals surface area (Å²) >= 11 is 0. The predicted octanol–water partition coefficient (Wildman–Crippen LogP) is 6.73. The molecule has 0 aromatic heterocycles. The van der Waals surface area contributed by atoms with Crippen molar-refractivity contribution in [3.8, 4) is 11.8 Å². The molecule has 0 amide bonds. The Morgan fingerprint density at radius 3 is 2.36 bits per heavy atom. The normalized spacial score (nSPS) is 30.4. The summed E-state index contributed by atoms with van der Waals surface area (Å²) in [4.78, 5) is 0. The molecule has 0 bridgehead atoms. The third-order valence-corrected chi connectivity index (χ3v) is 5.82. The Morgan fingerprint density at radius 2 is 1.72 bits per heavy atom. The Balaban J connectivity index is 1.60. The minimum absolute atomic E-state index is 0.277. The molecule has 2 rings (SSSR count). The number of ether oxygens (including phenoxy) is 1. The van der Waals surface area contributed by atoms with Crippen LogP contribution in [0.1, 0.15) is 84.0 Å². The third-order valence-electron chi connectivity index (χ3n) is 5.82. The minimum atomic E-state index is -2.64. The fraction of sp³-hybridized carbons (Fsp3) is 0.818. The monoisotopic (exact) mass is 352 g/mol. The molecule has 0 heterocycles. The van der Waals surface area contributed by atoms with Crippen LogP contribution < -0.4 is 0 Å². The standard InChI is InChI=1S/C22H34F2O/c1-2-3-4-7-18-10-12-19(13-11-18)8-5-6-9-20-14-16-21(17-15-20)25-22(23)24/h5,8,18-22H,2-4,7,10-17H2,1H3. The highest BCUT2D eigenvalue weighted by Gasteiger charge is 2.23. The molecule has 0 aliphatic heterocycles. The van der Waals surface area contributed by atoms with E-state index in [0.717, 1.165) is 18.8 Å². The van der Waals surface area contributed by atoms with Crippen molar-refractivity contribution in [2.24, 2.45) is 17.8 Å². The lowest BCUT2D eigenvalue weighted by molar-refractivity contribution is -0.170. The average molecular weight is 353 g/mol. The Kier molecular flexibility index (Phi) is 9.55. The molecule has 1 nitrogen and oxygen atoms in total. The molecule has 142 valence electrons. The molecule has 25 heavy (non-hydrogen) atoms. The number of rotatable bonds is 7. The Labute approximate surface area is 152 Å². The zero-order chi connectivity index (χ0) is 17.9. The number of unbranched alkanes of at least 4 members (excludes halogenated alkanes) is 2. The summed E-state index contributed by atoms with van der Waals surface area (Å²) in [7, 11) is 0. The van der Waals surface area contributed by atoms with Gasteiger partial charge in [-0.1, -0.05) is 50.5 Å². The Hall–Kier alpha value is -0.880. The van der Waals surface area contributed by atoms with Crippen molar-refractivity contribution >= 4 is 0 Å². The maximum atomic E-state index is 12.2. The van der Waals surface area contributed by atoms with Crippen LogP contribution in [0.3, 0.4) is 0 Å². The average Bonchev–Trinajstić information content (AvgIpc) is 2.61. The summed E-state index contributed by atoms with van der Waals surface area (Å²) in [6.07, 6.45) is 18.1. The fourth-order valence-corrected chi connectivity index (χ4v) is 4.19. The van der Waals surface area contributed by atoms with E-state index in [4.69, 9.17) is 0 Å². The van der Waals surface area contributed by atoms with Crippen molar-refractivity contribution in [2.45, 2.75) is 96.7 Å². The van der Waals surface area contributed by atoms with Gasteiger partial charge in [0.1, 0.15) is 0 Å². The van der Waals surface area contributed by atoms with Gasteiger partial charge in [-0.15, -0.1) is 0 Å². The summed E-state index contributed by atoms with van der Waals surface area (Å²) in [5, 5.41) is 0. The molecule has 2 saturated carbocycles. The second-order valence-corrected chi connectivity index (χ2v) is 7.79. The third kappa shape index (κ3) is 8.36. The largest absolute Gasteiger partial charge is 0.345 e. The fourth-order valence-electron chi connectivity index (χ4n) is 4.19. The van der Waals surface area contributed by atoms with E-state index in [1.165, 1.54) is 51.4 Å². The topological polar surface area (TPSA) is 9.23 Å². The second-order valence-electron chi connectivity index (χ2n) is 7.79. The Bertz CT molecular complexity index is 433. The van der Waals surface area contributed by atoms with Crippen LogP contribution in [-0.2, 0) is 4.74 Å². The summed E-state index contributed by atoms with van der Waals surface area (Å²) in [5.41, 5.74) is 0. The van der Waals surface area contributed by atoms with Gasteiger partial charge in [-0.2, -0.15) is 8.78 Å². The minimum Gasteiger partial charge on any atom is -0.320 e. The zero-order valence-corrected chi connectivity index (χ0v) is 15.7. The summed E-state index contributed by atoms with van der Waals surface area (Å²) < 4.78 is 29.0. The van der Waals surface area contributed by atoms with Crippen LogP contribution in [0.4, 0.5) is 8.78 Å². The van der Waals surface area contributed by atoms with E-state index in [1.54, 1.807) is 0 Å². The summed E-state index contributed by atoms with van der Waals surface area (Å²) in [6, 6.07) is 0. The molecule has 2 aliphatic carbocycles. The molecule has 0 atom stereocenters. The molecule has 0 saturated heterocycles. The van der Waals surface area contributed by atoms with E-state index in [9.17, 15) is 8.78 Å². The van der Waals surface area contributed by atoms with E-state index in [1.807, 2.05) is 6.08 Å². The van der Waals surface area contributed by atoms with Crippen molar-refractivity contribution < 1.29 is 13.5 Å². The molecule has 0 spiro atoms. The molecule has 0 aromatic carbocycles. The first kappa shape index (κ1) is 20.4. The molecule has 3 heteroatoms. The lowest BCUT2D eigenvalue weighted by atomic mass is 9.79. The quantitative estimate of drug-likeness (QED) is 0.364. The van der Waals surface area contributed by atoms with Crippen LogP contribution in [0, 0.1) is 29.6 Å². The molecule has 0 aromatic rings. The van der Waals surface area contributed by atoms with Gasteiger partial charge in [-0.25, -0.2) is 0 Å². The van der Waals surface area contributed by atoms with Crippen LogP contribution in [0.5, 0.6) is 0 Å². The highest BCUT2D eigenvalue weighted by molar-refractivity contribution is 5.18. The first-order chi connectivity index (χ1) is 12.2. The lowest BCUT2D eigenvalue weighted by Crippen LogP contribution is -2.23. The zero-order valence-electron chi connectivity index (χ0n) is 15.7. The van der Waals surface area contributed by atoms with Crippen LogP contribution in [0.2, 0.25) is 0 Å². The predicted molar refractivity (Wildman–Crippen MR) is 99.3 cm³/mol. The summed E-state index contributed by atoms with van der Waals surface area (Å²) in [6.45, 7) is -0.372. The van der Waals surface area contributed by atoms with Gasteiger partial charge in [0.05, 0.1) is 6.10 Å². The van der Waals surface area contributed by atoms with Gasteiger partial charge in [0.2, 0.25) is 0 Å². The summed E-state index contributed by atoms with van der Waals surface area (Å²) in [5.74, 6) is 8.49. The van der Waals surface area contributed by atoms with Crippen LogP contribution >= 0.6 is 0 Å². The highest BCUT2D eigenvalue weighted by Crippen LogP contribution is 2.32. The molecular formula is C22H34F2O. The van der Waals surface area contributed by atoms with Crippen LogP contribution in [0.15, 0.2) is 12.2 Å². The van der Waals surface area contributed by atoms with Crippen molar-refractivity contribution in [1.29, 1.82) is 0 Å². The molecule has 0 unspecified atom stereocenters. The maximum Gasteiger partial charge on any atom is 0.345 e. The maximum absolute atomic E-state index is 12.2. The van der Waals surface area contributed by atoms with E-state index in [2.05, 4.69) is 29.6 Å². The van der Waals surface area contributed by atoms with Gasteiger partial charge in [-0.3, -0.25) is 0 Å². The Morgan fingerprint density at radius 1 is 1.00 bits per heavy atom. The van der Waals surface area contributed by atoms with E-state index in [0.29, 0.717) is 24.7 Å². The number of hydrogen-bond acceptors (Lipinski definition) is 1. The van der Waals surface area contributed by atoms with Crippen molar-refractivity contribution in [2.75, 3.05) is 0 Å². The number of alkyl halides is 2. The molecule has 0 N–H and O–H groups in total. The number of hydrogen-bond donors (Lipinski definition) is 0. The van der Waals surface area contributed by atoms with Gasteiger partial charge in [-0.05, 0) is 69.3 Å². The first-order valence-corrected chi connectivity index (χ1v) is 10.3. The molecule has 2 aliphatic rings. The van der Waals surface area contributed by atoms with Gasteiger partial charge in [0, 0.05) is 5.92 Å².